The summed E-state index contributed by atoms with van der Waals surface area (Å²) in [6.07, 6.45) is 1.81. The van der Waals surface area contributed by atoms with Gasteiger partial charge in [0.25, 0.3) is 5.91 Å². The minimum atomic E-state index is -0.445. The normalized spacial score (nSPS) is 17.6. The van der Waals surface area contributed by atoms with E-state index in [0.29, 0.717) is 11.9 Å². The summed E-state index contributed by atoms with van der Waals surface area (Å²) < 4.78 is 19.6. The number of carbonyl (C=O) groups excluding carboxylic acids is 1. The van der Waals surface area contributed by atoms with E-state index < -0.39 is 5.82 Å². The number of aryl methyl sites for hydroxylation is 3. The third kappa shape index (κ3) is 2.44. The Labute approximate surface area is 144 Å². The second-order valence-electron chi connectivity index (χ2n) is 6.72. The van der Waals surface area contributed by atoms with Crippen LogP contribution in [0.1, 0.15) is 52.0 Å². The summed E-state index contributed by atoms with van der Waals surface area (Å²) in [5.74, 6) is -0.453. The molecule has 1 unspecified atom stereocenters. The summed E-state index contributed by atoms with van der Waals surface area (Å²) in [6.45, 7) is 6.45. The molecular formula is C19H20FN3O2. The average molecular weight is 341 g/mol. The van der Waals surface area contributed by atoms with Crippen molar-refractivity contribution in [2.45, 2.75) is 39.7 Å². The largest absolute Gasteiger partial charge is 0.448 e. The fourth-order valence-corrected chi connectivity index (χ4v) is 3.83. The lowest BCUT2D eigenvalue weighted by Crippen LogP contribution is -2.30. The number of hydrogen-bond donors (Lipinski definition) is 1. The maximum absolute atomic E-state index is 14.0. The van der Waals surface area contributed by atoms with Crippen LogP contribution in [0, 0.1) is 26.6 Å². The van der Waals surface area contributed by atoms with Crippen LogP contribution in [0.25, 0.3) is 11.0 Å². The minimum Gasteiger partial charge on any atom is -0.448 e. The molecule has 25 heavy (non-hydrogen) atoms. The number of H-pyrrole nitrogens is 1. The highest BCUT2D eigenvalue weighted by atomic mass is 19.1. The molecule has 1 fully saturated rings. The van der Waals surface area contributed by atoms with Crippen molar-refractivity contribution in [1.29, 1.82) is 0 Å². The second kappa shape index (κ2) is 5.72. The Bertz CT molecular complexity index is 914. The summed E-state index contributed by atoms with van der Waals surface area (Å²) >= 11 is 0. The second-order valence-corrected chi connectivity index (χ2v) is 6.72. The Kier molecular flexibility index (Phi) is 3.63. The molecular weight excluding hydrogens is 321 g/mol. The molecule has 1 N–H and O–H groups in total. The molecule has 1 saturated heterocycles. The molecule has 1 aliphatic rings. The number of likely N-dealkylation sites (tertiary alicyclic amines) is 1. The molecule has 5 nitrogen and oxygen atoms in total. The molecule has 0 bridgehead atoms. The monoisotopic (exact) mass is 341 g/mol. The van der Waals surface area contributed by atoms with E-state index in [-0.39, 0.29) is 23.3 Å². The van der Waals surface area contributed by atoms with Crippen LogP contribution in [0.2, 0.25) is 0 Å². The lowest BCUT2D eigenvalue weighted by Gasteiger charge is -2.24. The van der Waals surface area contributed by atoms with Crippen LogP contribution in [0.15, 0.2) is 22.6 Å². The van der Waals surface area contributed by atoms with Crippen molar-refractivity contribution in [3.05, 3.63) is 52.3 Å². The van der Waals surface area contributed by atoms with E-state index in [1.165, 1.54) is 6.07 Å². The number of benzene rings is 1. The van der Waals surface area contributed by atoms with Crippen LogP contribution in [0.5, 0.6) is 0 Å². The van der Waals surface area contributed by atoms with Gasteiger partial charge in [-0.2, -0.15) is 5.10 Å². The van der Waals surface area contributed by atoms with Gasteiger partial charge in [0.15, 0.2) is 17.2 Å². The van der Waals surface area contributed by atoms with Gasteiger partial charge >= 0.3 is 0 Å². The number of hydrogen-bond acceptors (Lipinski definition) is 3. The quantitative estimate of drug-likeness (QED) is 0.760. The first kappa shape index (κ1) is 15.9. The number of aromatic amines is 1. The Morgan fingerprint density at radius 1 is 1.36 bits per heavy atom. The molecule has 0 radical (unpaired) electrons. The first-order chi connectivity index (χ1) is 12.0. The number of rotatable bonds is 2. The molecule has 3 heterocycles. The van der Waals surface area contributed by atoms with Crippen molar-refractivity contribution in [3.63, 3.8) is 0 Å². The lowest BCUT2D eigenvalue weighted by molar-refractivity contribution is 0.0705. The molecule has 130 valence electrons. The number of furan rings is 1. The summed E-state index contributed by atoms with van der Waals surface area (Å²) in [4.78, 5) is 14.9. The molecule has 6 heteroatoms. The van der Waals surface area contributed by atoms with E-state index in [0.717, 1.165) is 35.4 Å². The van der Waals surface area contributed by atoms with E-state index >= 15 is 0 Å². The van der Waals surface area contributed by atoms with Crippen LogP contribution in [0.3, 0.4) is 0 Å². The maximum Gasteiger partial charge on any atom is 0.290 e. The van der Waals surface area contributed by atoms with Gasteiger partial charge in [-0.3, -0.25) is 9.89 Å². The lowest BCUT2D eigenvalue weighted by atomic mass is 10.0. The standard InChI is InChI=1S/C19H20FN3O2/c1-10-6-7-14(20)18-13(10)9-16(25-18)19(24)23-8-4-5-15(23)17-11(2)21-22-12(17)3/h6-7,9,15H,4-5,8H2,1-3H3,(H,21,22). The van der Waals surface area contributed by atoms with E-state index in [4.69, 9.17) is 4.42 Å². The first-order valence-corrected chi connectivity index (χ1v) is 8.48. The maximum atomic E-state index is 14.0. The highest BCUT2D eigenvalue weighted by Gasteiger charge is 2.35. The number of fused-ring (bicyclic) bond motifs is 1. The predicted molar refractivity (Wildman–Crippen MR) is 92.0 cm³/mol. The van der Waals surface area contributed by atoms with E-state index in [1.54, 1.807) is 12.1 Å². The zero-order chi connectivity index (χ0) is 17.7. The Hall–Kier alpha value is -2.63. The number of halogens is 1. The smallest absolute Gasteiger partial charge is 0.290 e. The van der Waals surface area contributed by atoms with Crippen molar-refractivity contribution in [2.75, 3.05) is 6.54 Å². The van der Waals surface area contributed by atoms with Gasteiger partial charge in [-0.05, 0) is 51.3 Å². The van der Waals surface area contributed by atoms with Crippen molar-refractivity contribution in [1.82, 2.24) is 15.1 Å². The van der Waals surface area contributed by atoms with Crippen molar-refractivity contribution in [2.24, 2.45) is 0 Å². The number of nitrogens with zero attached hydrogens (tertiary/aromatic N) is 2. The fourth-order valence-electron chi connectivity index (χ4n) is 3.83. The third-order valence-corrected chi connectivity index (χ3v) is 5.10. The predicted octanol–water partition coefficient (Wildman–Crippen LogP) is 4.20. The summed E-state index contributed by atoms with van der Waals surface area (Å²) in [5.41, 5.74) is 4.00. The van der Waals surface area contributed by atoms with Gasteiger partial charge in [0, 0.05) is 23.2 Å². The van der Waals surface area contributed by atoms with E-state index in [2.05, 4.69) is 10.2 Å². The van der Waals surface area contributed by atoms with Gasteiger partial charge < -0.3 is 9.32 Å². The Morgan fingerprint density at radius 3 is 2.84 bits per heavy atom. The molecule has 1 amide bonds. The van der Waals surface area contributed by atoms with E-state index in [1.807, 2.05) is 25.7 Å². The molecule has 1 atom stereocenters. The summed E-state index contributed by atoms with van der Waals surface area (Å²) in [7, 11) is 0. The third-order valence-electron chi connectivity index (χ3n) is 5.10. The zero-order valence-electron chi connectivity index (χ0n) is 14.5. The van der Waals surface area contributed by atoms with Crippen molar-refractivity contribution in [3.8, 4) is 0 Å². The zero-order valence-corrected chi connectivity index (χ0v) is 14.5. The van der Waals surface area contributed by atoms with Crippen LogP contribution in [-0.4, -0.2) is 27.5 Å². The van der Waals surface area contributed by atoms with Crippen LogP contribution in [-0.2, 0) is 0 Å². The number of aromatic nitrogens is 2. The van der Waals surface area contributed by atoms with Gasteiger partial charge in [0.2, 0.25) is 0 Å². The summed E-state index contributed by atoms with van der Waals surface area (Å²) in [5, 5.41) is 7.89. The molecule has 2 aromatic heterocycles. The fraction of sp³-hybridized carbons (Fsp3) is 0.368. The molecule has 4 rings (SSSR count). The summed E-state index contributed by atoms with van der Waals surface area (Å²) in [6, 6.07) is 4.69. The van der Waals surface area contributed by atoms with Gasteiger partial charge in [0.1, 0.15) is 0 Å². The molecule has 3 aromatic rings. The molecule has 0 saturated carbocycles. The molecule has 0 spiro atoms. The van der Waals surface area contributed by atoms with Crippen LogP contribution in [0.4, 0.5) is 4.39 Å². The van der Waals surface area contributed by atoms with Crippen molar-refractivity contribution >= 4 is 16.9 Å². The van der Waals surface area contributed by atoms with Gasteiger partial charge in [-0.15, -0.1) is 0 Å². The minimum absolute atomic E-state index is 0.0228. The van der Waals surface area contributed by atoms with Gasteiger partial charge in [-0.1, -0.05) is 6.07 Å². The van der Waals surface area contributed by atoms with Gasteiger partial charge in [-0.25, -0.2) is 4.39 Å². The average Bonchev–Trinajstić information content (AvgIpc) is 3.29. The van der Waals surface area contributed by atoms with E-state index in [9.17, 15) is 9.18 Å². The first-order valence-electron chi connectivity index (χ1n) is 8.48. The SMILES string of the molecule is Cc1n[nH]c(C)c1C1CCCN1C(=O)c1cc2c(C)ccc(F)c2o1. The molecule has 0 aliphatic carbocycles. The highest BCUT2D eigenvalue weighted by Crippen LogP contribution is 2.36. The highest BCUT2D eigenvalue weighted by molar-refractivity contribution is 5.97. The Morgan fingerprint density at radius 2 is 2.16 bits per heavy atom. The van der Waals surface area contributed by atoms with Crippen LogP contribution < -0.4 is 0 Å². The van der Waals surface area contributed by atoms with Crippen molar-refractivity contribution < 1.29 is 13.6 Å². The number of amides is 1. The number of nitrogens with one attached hydrogen (secondary N) is 1. The van der Waals surface area contributed by atoms with Gasteiger partial charge in [0.05, 0.1) is 11.7 Å². The van der Waals surface area contributed by atoms with Crippen LogP contribution >= 0.6 is 0 Å². The molecule has 1 aliphatic heterocycles. The topological polar surface area (TPSA) is 62.1 Å². The number of carbonyl (C=O) groups is 1. The Balaban J connectivity index is 1.73. The molecule has 1 aromatic carbocycles.